The molecule has 0 saturated heterocycles. The average molecular weight is 285 g/mol. The highest BCUT2D eigenvalue weighted by Crippen LogP contribution is 2.12. The topological polar surface area (TPSA) is 93.8 Å². The van der Waals surface area contributed by atoms with Gasteiger partial charge < -0.3 is 5.73 Å². The van der Waals surface area contributed by atoms with E-state index in [0.29, 0.717) is 0 Å². The molecule has 1 atom stereocenters. The fourth-order valence-electron chi connectivity index (χ4n) is 1.99. The number of hydrogen-bond acceptors (Lipinski definition) is 5. The minimum absolute atomic E-state index is 0.195. The molecule has 110 valence electrons. The summed E-state index contributed by atoms with van der Waals surface area (Å²) in [7, 11) is 0. The van der Waals surface area contributed by atoms with Crippen LogP contribution < -0.4 is 11.1 Å². The zero-order valence-corrected chi connectivity index (χ0v) is 12.2. The largest absolute Gasteiger partial charge is 0.316 e. The van der Waals surface area contributed by atoms with E-state index in [2.05, 4.69) is 20.5 Å². The number of nitrogens with two attached hydrogens (primary N) is 1. The van der Waals surface area contributed by atoms with E-state index >= 15 is 0 Å². The van der Waals surface area contributed by atoms with Crippen LogP contribution in [0.5, 0.6) is 0 Å². The van der Waals surface area contributed by atoms with Gasteiger partial charge in [0.05, 0.1) is 11.4 Å². The maximum absolute atomic E-state index is 12.1. The van der Waals surface area contributed by atoms with Gasteiger partial charge in [-0.1, -0.05) is 44.2 Å². The van der Waals surface area contributed by atoms with E-state index in [-0.39, 0.29) is 11.9 Å². The fourth-order valence-corrected chi connectivity index (χ4v) is 1.99. The van der Waals surface area contributed by atoms with Gasteiger partial charge in [0, 0.05) is 0 Å². The zero-order valence-electron chi connectivity index (χ0n) is 12.2. The Morgan fingerprint density at radius 2 is 1.81 bits per heavy atom. The molecule has 0 radical (unpaired) electrons. The summed E-state index contributed by atoms with van der Waals surface area (Å²) in [5, 5.41) is 10.6. The average Bonchev–Trinajstić information content (AvgIpc) is 2.54. The predicted molar refractivity (Wildman–Crippen MR) is 80.6 cm³/mol. The summed E-state index contributed by atoms with van der Waals surface area (Å²) < 4.78 is 0. The van der Waals surface area contributed by atoms with Gasteiger partial charge in [-0.2, -0.15) is 0 Å². The van der Waals surface area contributed by atoms with Crippen LogP contribution >= 0.6 is 0 Å². The lowest BCUT2D eigenvalue weighted by atomic mass is 10.1. The minimum atomic E-state index is -0.759. The fraction of sp³-hybridized carbons (Fsp3) is 0.333. The van der Waals surface area contributed by atoms with Gasteiger partial charge >= 0.3 is 0 Å². The van der Waals surface area contributed by atoms with Crippen LogP contribution in [0.15, 0.2) is 30.3 Å². The second kappa shape index (κ2) is 6.90. The number of amides is 1. The molecule has 1 aromatic heterocycles. The Balaban J connectivity index is 2.12. The van der Waals surface area contributed by atoms with E-state index in [1.807, 2.05) is 32.0 Å². The SMILES string of the molecule is CCc1nnc(NC(=O)[C@H](N)c2ccccc2)nc1CC. The highest BCUT2D eigenvalue weighted by Gasteiger charge is 2.17. The van der Waals surface area contributed by atoms with E-state index in [4.69, 9.17) is 5.73 Å². The first-order valence-electron chi connectivity index (χ1n) is 6.99. The lowest BCUT2D eigenvalue weighted by Crippen LogP contribution is -2.28. The number of aromatic nitrogens is 3. The summed E-state index contributed by atoms with van der Waals surface area (Å²) in [6, 6.07) is 8.41. The van der Waals surface area contributed by atoms with Gasteiger partial charge in [-0.15, -0.1) is 10.2 Å². The zero-order chi connectivity index (χ0) is 15.2. The van der Waals surface area contributed by atoms with Crippen molar-refractivity contribution in [3.63, 3.8) is 0 Å². The monoisotopic (exact) mass is 285 g/mol. The van der Waals surface area contributed by atoms with Crippen molar-refractivity contribution in [3.05, 3.63) is 47.3 Å². The second-order valence-electron chi connectivity index (χ2n) is 4.61. The number of hydrogen-bond donors (Lipinski definition) is 2. The van der Waals surface area contributed by atoms with Crippen molar-refractivity contribution >= 4 is 11.9 Å². The van der Waals surface area contributed by atoms with Crippen LogP contribution in [0.4, 0.5) is 5.95 Å². The van der Waals surface area contributed by atoms with E-state index in [0.717, 1.165) is 29.8 Å². The molecule has 0 spiro atoms. The number of anilines is 1. The van der Waals surface area contributed by atoms with Crippen LogP contribution in [0.2, 0.25) is 0 Å². The number of aryl methyl sites for hydroxylation is 2. The van der Waals surface area contributed by atoms with Crippen LogP contribution in [-0.4, -0.2) is 21.1 Å². The molecule has 0 aliphatic carbocycles. The lowest BCUT2D eigenvalue weighted by molar-refractivity contribution is -0.117. The standard InChI is InChI=1S/C15H19N5O/c1-3-11-12(4-2)19-20-15(17-11)18-14(21)13(16)10-8-6-5-7-9-10/h5-9,13H,3-4,16H2,1-2H3,(H,17,18,20,21)/t13-/m1/s1. The first kappa shape index (κ1) is 15.1. The predicted octanol–water partition coefficient (Wildman–Crippen LogP) is 1.63. The Morgan fingerprint density at radius 3 is 2.43 bits per heavy atom. The summed E-state index contributed by atoms with van der Waals surface area (Å²) in [5.74, 6) is -0.158. The minimum Gasteiger partial charge on any atom is -0.316 e. The molecule has 21 heavy (non-hydrogen) atoms. The Bertz CT molecular complexity index is 615. The molecule has 1 aromatic carbocycles. The first-order chi connectivity index (χ1) is 10.2. The van der Waals surface area contributed by atoms with Gasteiger partial charge in [0.25, 0.3) is 0 Å². The second-order valence-corrected chi connectivity index (χ2v) is 4.61. The highest BCUT2D eigenvalue weighted by atomic mass is 16.2. The molecular formula is C15H19N5O. The molecule has 1 amide bonds. The highest BCUT2D eigenvalue weighted by molar-refractivity contribution is 5.93. The molecule has 2 rings (SSSR count). The summed E-state index contributed by atoms with van der Waals surface area (Å²) in [5.41, 5.74) is 8.36. The number of carbonyl (C=O) groups excluding carboxylic acids is 1. The van der Waals surface area contributed by atoms with Crippen molar-refractivity contribution in [2.24, 2.45) is 5.73 Å². The van der Waals surface area contributed by atoms with E-state index < -0.39 is 6.04 Å². The number of benzene rings is 1. The van der Waals surface area contributed by atoms with Crippen LogP contribution in [0, 0.1) is 0 Å². The van der Waals surface area contributed by atoms with Crippen molar-refractivity contribution < 1.29 is 4.79 Å². The summed E-state index contributed by atoms with van der Waals surface area (Å²) in [6.45, 7) is 3.99. The Hall–Kier alpha value is -2.34. The van der Waals surface area contributed by atoms with Crippen LogP contribution in [-0.2, 0) is 17.6 Å². The van der Waals surface area contributed by atoms with Crippen LogP contribution in [0.25, 0.3) is 0 Å². The first-order valence-corrected chi connectivity index (χ1v) is 6.99. The summed E-state index contributed by atoms with van der Waals surface area (Å²) >= 11 is 0. The molecule has 0 bridgehead atoms. The van der Waals surface area contributed by atoms with Crippen LogP contribution in [0.3, 0.4) is 0 Å². The third-order valence-electron chi connectivity index (χ3n) is 3.19. The van der Waals surface area contributed by atoms with Gasteiger partial charge in [-0.25, -0.2) is 4.98 Å². The van der Waals surface area contributed by atoms with Crippen molar-refractivity contribution in [1.82, 2.24) is 15.2 Å². The molecule has 0 unspecified atom stereocenters. The number of nitrogens with zero attached hydrogens (tertiary/aromatic N) is 3. The van der Waals surface area contributed by atoms with Gasteiger partial charge in [0.1, 0.15) is 6.04 Å². The molecule has 2 aromatic rings. The number of carbonyl (C=O) groups is 1. The molecule has 3 N–H and O–H groups in total. The van der Waals surface area contributed by atoms with Crippen molar-refractivity contribution in [2.45, 2.75) is 32.7 Å². The molecule has 6 heteroatoms. The molecule has 6 nitrogen and oxygen atoms in total. The van der Waals surface area contributed by atoms with Crippen molar-refractivity contribution in [2.75, 3.05) is 5.32 Å². The maximum atomic E-state index is 12.1. The Morgan fingerprint density at radius 1 is 1.14 bits per heavy atom. The molecule has 0 saturated carbocycles. The normalized spacial score (nSPS) is 12.0. The van der Waals surface area contributed by atoms with E-state index in [9.17, 15) is 4.79 Å². The smallest absolute Gasteiger partial charge is 0.249 e. The summed E-state index contributed by atoms with van der Waals surface area (Å²) in [4.78, 5) is 16.4. The molecular weight excluding hydrogens is 266 g/mol. The molecule has 0 aliphatic heterocycles. The van der Waals surface area contributed by atoms with Gasteiger partial charge in [0.15, 0.2) is 0 Å². The third-order valence-corrected chi connectivity index (χ3v) is 3.19. The Labute approximate surface area is 123 Å². The molecule has 0 fully saturated rings. The van der Waals surface area contributed by atoms with E-state index in [1.165, 1.54) is 0 Å². The van der Waals surface area contributed by atoms with E-state index in [1.54, 1.807) is 12.1 Å². The summed E-state index contributed by atoms with van der Waals surface area (Å²) in [6.07, 6.45) is 1.51. The number of rotatable bonds is 5. The maximum Gasteiger partial charge on any atom is 0.249 e. The van der Waals surface area contributed by atoms with Crippen molar-refractivity contribution in [1.29, 1.82) is 0 Å². The number of nitrogens with one attached hydrogen (secondary N) is 1. The van der Waals surface area contributed by atoms with Gasteiger partial charge in [0.2, 0.25) is 11.9 Å². The van der Waals surface area contributed by atoms with Gasteiger partial charge in [-0.05, 0) is 18.4 Å². The quantitative estimate of drug-likeness (QED) is 0.871. The Kier molecular flexibility index (Phi) is 4.94. The van der Waals surface area contributed by atoms with Gasteiger partial charge in [-0.3, -0.25) is 10.1 Å². The van der Waals surface area contributed by atoms with Crippen molar-refractivity contribution in [3.8, 4) is 0 Å². The van der Waals surface area contributed by atoms with Crippen LogP contribution in [0.1, 0.15) is 36.8 Å². The third kappa shape index (κ3) is 3.61. The molecule has 0 aliphatic rings. The lowest BCUT2D eigenvalue weighted by Gasteiger charge is -2.12. The molecule has 1 heterocycles.